The van der Waals surface area contributed by atoms with Crippen LogP contribution in [0.1, 0.15) is 0 Å². The van der Waals surface area contributed by atoms with Crippen molar-refractivity contribution in [3.05, 3.63) is 60.4 Å². The van der Waals surface area contributed by atoms with Gasteiger partial charge in [-0.3, -0.25) is 0 Å². The number of hydrogen-bond acceptors (Lipinski definition) is 4. The Morgan fingerprint density at radius 1 is 1.05 bits per heavy atom. The van der Waals surface area contributed by atoms with Crippen molar-refractivity contribution in [2.45, 2.75) is 0 Å². The molecule has 1 aliphatic heterocycles. The van der Waals surface area contributed by atoms with Crippen molar-refractivity contribution in [1.29, 1.82) is 0 Å². The van der Waals surface area contributed by atoms with Gasteiger partial charge in [0.05, 0.1) is 6.20 Å². The van der Waals surface area contributed by atoms with Gasteiger partial charge in [0.15, 0.2) is 0 Å². The van der Waals surface area contributed by atoms with Crippen LogP contribution in [0.4, 0.5) is 10.1 Å². The highest BCUT2D eigenvalue weighted by Crippen LogP contribution is 2.35. The molecule has 1 aliphatic rings. The van der Waals surface area contributed by atoms with Gasteiger partial charge in [-0.05, 0) is 35.4 Å². The molecule has 22 heavy (non-hydrogen) atoms. The van der Waals surface area contributed by atoms with Crippen molar-refractivity contribution >= 4 is 15.9 Å². The Morgan fingerprint density at radius 3 is 2.41 bits per heavy atom. The largest absolute Gasteiger partial charge is 0.506 e. The number of aliphatic hydroxyl groups excluding tert-OH is 1. The molecule has 8 heteroatoms. The molecule has 3 rings (SSSR count). The van der Waals surface area contributed by atoms with Crippen LogP contribution in [0.25, 0.3) is 11.1 Å². The molecular weight excluding hydrogens is 311 g/mol. The molecule has 0 unspecified atom stereocenters. The summed E-state index contributed by atoms with van der Waals surface area (Å²) >= 11 is 0. The summed E-state index contributed by atoms with van der Waals surface area (Å²) in [7, 11) is -4.01. The highest BCUT2D eigenvalue weighted by Gasteiger charge is 2.30. The number of nitrogens with one attached hydrogen (secondary N) is 1. The molecule has 114 valence electrons. The van der Waals surface area contributed by atoms with E-state index >= 15 is 0 Å². The van der Waals surface area contributed by atoms with E-state index in [-0.39, 0.29) is 11.4 Å². The molecule has 0 aromatic heterocycles. The van der Waals surface area contributed by atoms with Gasteiger partial charge in [0, 0.05) is 0 Å². The third kappa shape index (κ3) is 2.44. The molecule has 3 N–H and O–H groups in total. The SMILES string of the molecule is O=S1(=O)NC(O)=CN1c1cc(-c2cccc(F)c2)ccc1O. The monoisotopic (exact) mass is 322 g/mol. The second-order valence-electron chi connectivity index (χ2n) is 4.63. The number of nitrogens with zero attached hydrogens (tertiary/aromatic N) is 1. The first-order valence-corrected chi connectivity index (χ1v) is 7.63. The van der Waals surface area contributed by atoms with Crippen LogP contribution in [-0.2, 0) is 10.2 Å². The third-order valence-corrected chi connectivity index (χ3v) is 4.39. The maximum absolute atomic E-state index is 13.3. The lowest BCUT2D eigenvalue weighted by Gasteiger charge is -2.16. The first-order valence-electron chi connectivity index (χ1n) is 6.19. The predicted octanol–water partition coefficient (Wildman–Crippen LogP) is 2.21. The van der Waals surface area contributed by atoms with Crippen molar-refractivity contribution in [3.63, 3.8) is 0 Å². The van der Waals surface area contributed by atoms with E-state index in [1.807, 2.05) is 4.72 Å². The van der Waals surface area contributed by atoms with Gasteiger partial charge in [0.1, 0.15) is 17.3 Å². The van der Waals surface area contributed by atoms with Crippen molar-refractivity contribution in [2.75, 3.05) is 4.31 Å². The van der Waals surface area contributed by atoms with Gasteiger partial charge in [-0.25, -0.2) is 13.4 Å². The van der Waals surface area contributed by atoms with Crippen LogP contribution < -0.4 is 9.03 Å². The number of aromatic hydroxyl groups is 1. The van der Waals surface area contributed by atoms with Crippen molar-refractivity contribution < 1.29 is 23.0 Å². The summed E-state index contributed by atoms with van der Waals surface area (Å²) in [4.78, 5) is 0. The molecule has 0 spiro atoms. The number of benzene rings is 2. The maximum atomic E-state index is 13.3. The summed E-state index contributed by atoms with van der Waals surface area (Å²) in [5, 5.41) is 19.2. The molecule has 1 heterocycles. The summed E-state index contributed by atoms with van der Waals surface area (Å²) in [5.74, 6) is -1.29. The minimum absolute atomic E-state index is 0.0571. The second-order valence-corrected chi connectivity index (χ2v) is 6.18. The van der Waals surface area contributed by atoms with Gasteiger partial charge in [-0.2, -0.15) is 8.42 Å². The van der Waals surface area contributed by atoms with E-state index in [0.717, 1.165) is 6.20 Å². The Kier molecular flexibility index (Phi) is 3.18. The summed E-state index contributed by atoms with van der Waals surface area (Å²) in [6.45, 7) is 0. The van der Waals surface area contributed by atoms with E-state index in [4.69, 9.17) is 0 Å². The van der Waals surface area contributed by atoms with E-state index in [0.29, 0.717) is 15.4 Å². The lowest BCUT2D eigenvalue weighted by atomic mass is 10.0. The first kappa shape index (κ1) is 14.2. The number of phenolic OH excluding ortho intramolecular Hbond substituents is 1. The fourth-order valence-corrected chi connectivity index (χ4v) is 3.19. The number of halogens is 1. The Balaban J connectivity index is 2.12. The average molecular weight is 322 g/mol. The molecule has 0 amide bonds. The van der Waals surface area contributed by atoms with Crippen molar-refractivity contribution in [1.82, 2.24) is 4.72 Å². The molecule has 0 aliphatic carbocycles. The van der Waals surface area contributed by atoms with Crippen molar-refractivity contribution in [3.8, 4) is 16.9 Å². The van der Waals surface area contributed by atoms with Gasteiger partial charge < -0.3 is 10.2 Å². The minimum Gasteiger partial charge on any atom is -0.506 e. The predicted molar refractivity (Wildman–Crippen MR) is 78.7 cm³/mol. The zero-order chi connectivity index (χ0) is 15.9. The number of hydrogen-bond donors (Lipinski definition) is 3. The van der Waals surface area contributed by atoms with Gasteiger partial charge in [0.25, 0.3) is 0 Å². The third-order valence-electron chi connectivity index (χ3n) is 3.10. The molecule has 0 saturated heterocycles. The number of anilines is 1. The van der Waals surface area contributed by atoms with Crippen LogP contribution >= 0.6 is 0 Å². The van der Waals surface area contributed by atoms with Crippen LogP contribution in [0, 0.1) is 5.82 Å². The highest BCUT2D eigenvalue weighted by molar-refractivity contribution is 7.91. The Morgan fingerprint density at radius 2 is 1.77 bits per heavy atom. The Hall–Kier alpha value is -2.74. The quantitative estimate of drug-likeness (QED) is 0.791. The minimum atomic E-state index is -4.01. The molecule has 0 saturated carbocycles. The molecule has 6 nitrogen and oxygen atoms in total. The van der Waals surface area contributed by atoms with E-state index in [1.54, 1.807) is 6.07 Å². The summed E-state index contributed by atoms with van der Waals surface area (Å²) < 4.78 is 39.6. The number of phenols is 1. The van der Waals surface area contributed by atoms with E-state index in [9.17, 15) is 23.0 Å². The number of rotatable bonds is 2. The molecular formula is C14H11FN2O4S. The first-order chi connectivity index (χ1) is 10.4. The van der Waals surface area contributed by atoms with Crippen LogP contribution in [0.5, 0.6) is 5.75 Å². The number of aliphatic hydroxyl groups is 1. The maximum Gasteiger partial charge on any atom is 0.330 e. The summed E-state index contributed by atoms with van der Waals surface area (Å²) in [5.41, 5.74) is 0.986. The zero-order valence-corrected chi connectivity index (χ0v) is 11.9. The van der Waals surface area contributed by atoms with Crippen LogP contribution in [-0.4, -0.2) is 18.6 Å². The topological polar surface area (TPSA) is 89.9 Å². The van der Waals surface area contributed by atoms with Gasteiger partial charge >= 0.3 is 10.2 Å². The molecule has 0 atom stereocenters. The molecule has 0 fully saturated rings. The van der Waals surface area contributed by atoms with Crippen LogP contribution in [0.2, 0.25) is 0 Å². The summed E-state index contributed by atoms with van der Waals surface area (Å²) in [6, 6.07) is 9.99. The molecule has 2 aromatic carbocycles. The normalized spacial score (nSPS) is 16.2. The standard InChI is InChI=1S/C14H11FN2O4S/c15-11-3-1-2-9(6-11)10-4-5-13(18)12(7-10)17-8-14(19)16-22(17,20)21/h1-8,16,18-19H. The van der Waals surface area contributed by atoms with E-state index in [2.05, 4.69) is 0 Å². The van der Waals surface area contributed by atoms with Crippen molar-refractivity contribution in [2.24, 2.45) is 0 Å². The average Bonchev–Trinajstić information content (AvgIpc) is 2.72. The molecule has 2 aromatic rings. The smallest absolute Gasteiger partial charge is 0.330 e. The lowest BCUT2D eigenvalue weighted by molar-refractivity contribution is 0.392. The Labute approximate surface area is 125 Å². The van der Waals surface area contributed by atoms with Gasteiger partial charge in [0.2, 0.25) is 5.88 Å². The van der Waals surface area contributed by atoms with E-state index < -0.39 is 21.9 Å². The fraction of sp³-hybridized carbons (Fsp3) is 0. The summed E-state index contributed by atoms with van der Waals surface area (Å²) in [6.07, 6.45) is 0.930. The van der Waals surface area contributed by atoms with Gasteiger partial charge in [-0.15, -0.1) is 0 Å². The highest BCUT2D eigenvalue weighted by atomic mass is 32.2. The molecule has 0 bridgehead atoms. The van der Waals surface area contributed by atoms with Crippen LogP contribution in [0.15, 0.2) is 54.5 Å². The lowest BCUT2D eigenvalue weighted by Crippen LogP contribution is -2.29. The second kappa shape index (κ2) is 4.92. The van der Waals surface area contributed by atoms with E-state index in [1.165, 1.54) is 36.4 Å². The Bertz CT molecular complexity index is 880. The zero-order valence-electron chi connectivity index (χ0n) is 11.1. The van der Waals surface area contributed by atoms with Crippen LogP contribution in [0.3, 0.4) is 0 Å². The fourth-order valence-electron chi connectivity index (χ4n) is 2.13. The molecule has 0 radical (unpaired) electrons. The van der Waals surface area contributed by atoms with Gasteiger partial charge in [-0.1, -0.05) is 18.2 Å².